The van der Waals surface area contributed by atoms with E-state index in [1.54, 1.807) is 12.1 Å². The number of para-hydroxylation sites is 2. The summed E-state index contributed by atoms with van der Waals surface area (Å²) in [5.74, 6) is -0.634. The molecule has 0 unspecified atom stereocenters. The van der Waals surface area contributed by atoms with Crippen LogP contribution in [0, 0.1) is 0 Å². The number of hydrogen-bond acceptors (Lipinski definition) is 3. The molecule has 2 heterocycles. The van der Waals surface area contributed by atoms with Crippen LogP contribution in [0.4, 0.5) is 0 Å². The summed E-state index contributed by atoms with van der Waals surface area (Å²) < 4.78 is 86.2. The average Bonchev–Trinajstić information content (AvgIpc) is 3.60. The van der Waals surface area contributed by atoms with E-state index in [-0.39, 0.29) is 28.6 Å². The van der Waals surface area contributed by atoms with E-state index in [4.69, 9.17) is 13.7 Å². The number of benzene rings is 7. The lowest BCUT2D eigenvalue weighted by Crippen LogP contribution is -2.00. The number of rotatable bonds is 6. The van der Waals surface area contributed by atoms with Crippen molar-refractivity contribution in [1.82, 2.24) is 19.5 Å². The highest BCUT2D eigenvalue weighted by molar-refractivity contribution is 6.12. The van der Waals surface area contributed by atoms with Crippen molar-refractivity contribution in [2.45, 2.75) is 0 Å². The Hall–Kier alpha value is -6.65. The molecule has 0 amide bonds. The monoisotopic (exact) mass is 636 g/mol. The van der Waals surface area contributed by atoms with E-state index in [0.29, 0.717) is 5.56 Å². The lowest BCUT2D eigenvalue weighted by atomic mass is 9.92. The number of aromatic nitrogens is 4. The fourth-order valence-electron chi connectivity index (χ4n) is 6.22. The quantitative estimate of drug-likeness (QED) is 0.182. The summed E-state index contributed by atoms with van der Waals surface area (Å²) >= 11 is 0. The van der Waals surface area contributed by atoms with Crippen LogP contribution in [0.25, 0.3) is 83.9 Å². The van der Waals surface area contributed by atoms with Gasteiger partial charge in [0, 0.05) is 33.2 Å². The summed E-state index contributed by atoms with van der Waals surface area (Å²) in [4.78, 5) is 13.6. The Bertz CT molecular complexity index is 3010. The van der Waals surface area contributed by atoms with Gasteiger partial charge in [0.25, 0.3) is 0 Å². The van der Waals surface area contributed by atoms with E-state index >= 15 is 0 Å². The molecule has 0 fully saturated rings. The maximum Gasteiger partial charge on any atom is 0.164 e. The van der Waals surface area contributed by atoms with Crippen LogP contribution in [0.1, 0.15) is 13.7 Å². The molecule has 0 N–H and O–H groups in total. The topological polar surface area (TPSA) is 43.6 Å². The molecule has 0 bridgehead atoms. The van der Waals surface area contributed by atoms with Crippen molar-refractivity contribution < 1.29 is 13.7 Å². The molecule has 4 heteroatoms. The molecule has 7 aromatic carbocycles. The van der Waals surface area contributed by atoms with E-state index in [1.165, 1.54) is 0 Å². The molecule has 0 aliphatic carbocycles. The zero-order chi connectivity index (χ0) is 41.3. The van der Waals surface area contributed by atoms with E-state index in [2.05, 4.69) is 68.0 Å². The number of hydrogen-bond donors (Lipinski definition) is 0. The van der Waals surface area contributed by atoms with Gasteiger partial charge in [0.2, 0.25) is 0 Å². The van der Waals surface area contributed by atoms with E-state index in [9.17, 15) is 0 Å². The SMILES string of the molecule is [2H]c1c([2H])c([2H])c(-c2nc(-c3ccc(-c4cc5c(cc4-c4ccccc4)c4ccccc4n5-c4ccccc4)cc3)nc(-c3c([2H])c([2H])c([2H])c([2H])c3[2H])n2)c([2H])c1[2H]. The Morgan fingerprint density at radius 2 is 0.878 bits per heavy atom. The van der Waals surface area contributed by atoms with Crippen molar-refractivity contribution in [3.63, 3.8) is 0 Å². The van der Waals surface area contributed by atoms with Crippen LogP contribution < -0.4 is 0 Å². The summed E-state index contributed by atoms with van der Waals surface area (Å²) in [5.41, 5.74) is 6.75. The van der Waals surface area contributed by atoms with E-state index in [1.807, 2.05) is 60.7 Å². The first-order valence-corrected chi connectivity index (χ1v) is 15.6. The van der Waals surface area contributed by atoms with Gasteiger partial charge in [0.05, 0.1) is 24.7 Å². The normalized spacial score (nSPS) is 14.1. The first kappa shape index (κ1) is 19.9. The van der Waals surface area contributed by atoms with Gasteiger partial charge in [0.15, 0.2) is 17.5 Å². The fourth-order valence-corrected chi connectivity index (χ4v) is 6.22. The second-order valence-corrected chi connectivity index (χ2v) is 11.4. The van der Waals surface area contributed by atoms with Crippen LogP contribution in [0.15, 0.2) is 182 Å². The molecule has 49 heavy (non-hydrogen) atoms. The third kappa shape index (κ3) is 5.26. The third-order valence-corrected chi connectivity index (χ3v) is 8.45. The zero-order valence-electron chi connectivity index (χ0n) is 35.8. The van der Waals surface area contributed by atoms with Crippen molar-refractivity contribution in [1.29, 1.82) is 0 Å². The van der Waals surface area contributed by atoms with Gasteiger partial charge in [0.1, 0.15) is 0 Å². The molecular formula is C45H30N4. The molecule has 0 saturated carbocycles. The number of fused-ring (bicyclic) bond motifs is 3. The smallest absolute Gasteiger partial charge is 0.164 e. The van der Waals surface area contributed by atoms with Gasteiger partial charge in [-0.15, -0.1) is 0 Å². The minimum absolute atomic E-state index is 0.00175. The fraction of sp³-hybridized carbons (Fsp3) is 0. The molecule has 9 aromatic rings. The van der Waals surface area contributed by atoms with Gasteiger partial charge < -0.3 is 4.57 Å². The van der Waals surface area contributed by atoms with Gasteiger partial charge in [-0.25, -0.2) is 15.0 Å². The van der Waals surface area contributed by atoms with E-state index in [0.717, 1.165) is 49.7 Å². The van der Waals surface area contributed by atoms with Crippen LogP contribution in [0.2, 0.25) is 0 Å². The van der Waals surface area contributed by atoms with Crippen LogP contribution in [0.3, 0.4) is 0 Å². The van der Waals surface area contributed by atoms with Crippen LogP contribution in [-0.2, 0) is 0 Å². The van der Waals surface area contributed by atoms with Crippen LogP contribution in [0.5, 0.6) is 0 Å². The van der Waals surface area contributed by atoms with Crippen molar-refractivity contribution in [3.8, 4) is 62.1 Å². The van der Waals surface area contributed by atoms with Gasteiger partial charge in [-0.1, -0.05) is 151 Å². The van der Waals surface area contributed by atoms with Crippen molar-refractivity contribution in [3.05, 3.63) is 182 Å². The molecule has 0 aliphatic rings. The molecular weight excluding hydrogens is 597 g/mol. The van der Waals surface area contributed by atoms with Crippen molar-refractivity contribution in [2.24, 2.45) is 0 Å². The van der Waals surface area contributed by atoms with Crippen molar-refractivity contribution in [2.75, 3.05) is 0 Å². The molecule has 0 radical (unpaired) electrons. The van der Waals surface area contributed by atoms with Gasteiger partial charge >= 0.3 is 0 Å². The van der Waals surface area contributed by atoms with Gasteiger partial charge in [-0.05, 0) is 52.6 Å². The Morgan fingerprint density at radius 1 is 0.388 bits per heavy atom. The molecule has 0 aliphatic heterocycles. The standard InChI is InChI=1S/C45H30N4/c1-5-15-31(16-6-1)38-29-40-37-23-13-14-24-41(37)49(36-21-11-4-12-22-36)42(40)30-39(38)32-25-27-35(28-26-32)45-47-43(33-17-7-2-8-18-33)46-44(48-45)34-19-9-3-10-20-34/h1-30H/i2D,3D,7D,8D,9D,10D,17D,18D,19D,20D. The first-order valence-electron chi connectivity index (χ1n) is 20.6. The maximum atomic E-state index is 8.65. The Kier molecular flexibility index (Phi) is 4.94. The summed E-state index contributed by atoms with van der Waals surface area (Å²) in [5, 5.41) is 2.21. The minimum Gasteiger partial charge on any atom is -0.309 e. The molecule has 2 aromatic heterocycles. The molecule has 0 spiro atoms. The van der Waals surface area contributed by atoms with E-state index < -0.39 is 60.4 Å². The summed E-state index contributed by atoms with van der Waals surface area (Å²) in [7, 11) is 0. The highest BCUT2D eigenvalue weighted by atomic mass is 15.0. The second kappa shape index (κ2) is 12.2. The molecule has 230 valence electrons. The Labute approximate surface area is 298 Å². The second-order valence-electron chi connectivity index (χ2n) is 11.4. The predicted molar refractivity (Wildman–Crippen MR) is 201 cm³/mol. The zero-order valence-corrected chi connectivity index (χ0v) is 25.8. The Morgan fingerprint density at radius 3 is 1.51 bits per heavy atom. The Balaban J connectivity index is 1.27. The largest absolute Gasteiger partial charge is 0.309 e. The number of nitrogens with zero attached hydrogens (tertiary/aromatic N) is 4. The average molecular weight is 637 g/mol. The first-order chi connectivity index (χ1) is 28.4. The highest BCUT2D eigenvalue weighted by Crippen LogP contribution is 2.41. The molecule has 9 rings (SSSR count). The summed E-state index contributed by atoms with van der Waals surface area (Å²) in [6, 6.07) is 34.6. The summed E-state index contributed by atoms with van der Waals surface area (Å²) in [6.07, 6.45) is 0. The summed E-state index contributed by atoms with van der Waals surface area (Å²) in [6.45, 7) is 0. The lowest BCUT2D eigenvalue weighted by molar-refractivity contribution is 1.07. The third-order valence-electron chi connectivity index (χ3n) is 8.45. The molecule has 0 saturated heterocycles. The lowest BCUT2D eigenvalue weighted by Gasteiger charge is -2.14. The van der Waals surface area contributed by atoms with Crippen molar-refractivity contribution >= 4 is 21.8 Å². The predicted octanol–water partition coefficient (Wildman–Crippen LogP) is 11.3. The molecule has 0 atom stereocenters. The van der Waals surface area contributed by atoms with Gasteiger partial charge in [-0.2, -0.15) is 0 Å². The van der Waals surface area contributed by atoms with Crippen LogP contribution >= 0.6 is 0 Å². The van der Waals surface area contributed by atoms with Crippen LogP contribution in [-0.4, -0.2) is 19.5 Å². The maximum absolute atomic E-state index is 8.65. The highest BCUT2D eigenvalue weighted by Gasteiger charge is 2.18. The minimum atomic E-state index is -0.603. The van der Waals surface area contributed by atoms with Gasteiger partial charge in [-0.3, -0.25) is 0 Å². The molecule has 4 nitrogen and oxygen atoms in total.